The molecule has 0 spiro atoms. The van der Waals surface area contributed by atoms with E-state index in [1.807, 2.05) is 19.9 Å². The maximum Gasteiger partial charge on any atom is 0.225 e. The minimum Gasteiger partial charge on any atom is -0.493 e. The van der Waals surface area contributed by atoms with E-state index >= 15 is 0 Å². The fourth-order valence-electron chi connectivity index (χ4n) is 4.10. The van der Waals surface area contributed by atoms with Crippen LogP contribution in [0.2, 0.25) is 0 Å². The number of hydrogen-bond donors (Lipinski definition) is 1. The van der Waals surface area contributed by atoms with Crippen LogP contribution in [0.1, 0.15) is 41.4 Å². The second kappa shape index (κ2) is 11.5. The molecule has 4 aromatic rings. The Hall–Kier alpha value is -4.46. The molecule has 2 aromatic carbocycles. The minimum atomic E-state index is -1.01. The maximum atomic E-state index is 13.9. The summed E-state index contributed by atoms with van der Waals surface area (Å²) >= 11 is 0. The molecule has 1 unspecified atom stereocenters. The van der Waals surface area contributed by atoms with Crippen LogP contribution in [0, 0.1) is 0 Å². The van der Waals surface area contributed by atoms with E-state index in [0.29, 0.717) is 33.8 Å². The van der Waals surface area contributed by atoms with Crippen molar-refractivity contribution in [3.63, 3.8) is 0 Å². The SMILES string of the molecule is COc1cc2cncc(C(NC(=O)Cc3cccnc3)C(=O)c3cccc(OC(C)C)c3)c2cc1OC. The summed E-state index contributed by atoms with van der Waals surface area (Å²) in [4.78, 5) is 35.5. The largest absolute Gasteiger partial charge is 0.493 e. The Morgan fingerprint density at radius 2 is 1.70 bits per heavy atom. The molecule has 4 rings (SSSR count). The molecule has 1 amide bonds. The first-order valence-electron chi connectivity index (χ1n) is 11.9. The second-order valence-electron chi connectivity index (χ2n) is 8.75. The molecule has 0 aliphatic rings. The van der Waals surface area contributed by atoms with Gasteiger partial charge in [0.1, 0.15) is 11.8 Å². The molecule has 1 N–H and O–H groups in total. The van der Waals surface area contributed by atoms with Crippen LogP contribution in [0.3, 0.4) is 0 Å². The van der Waals surface area contributed by atoms with Crippen LogP contribution >= 0.6 is 0 Å². The van der Waals surface area contributed by atoms with Crippen LogP contribution in [0.25, 0.3) is 10.8 Å². The fourth-order valence-corrected chi connectivity index (χ4v) is 4.10. The number of rotatable bonds is 10. The molecule has 0 saturated heterocycles. The summed E-state index contributed by atoms with van der Waals surface area (Å²) < 4.78 is 16.7. The van der Waals surface area contributed by atoms with Gasteiger partial charge in [0, 0.05) is 41.3 Å². The van der Waals surface area contributed by atoms with Crippen molar-refractivity contribution < 1.29 is 23.8 Å². The molecule has 8 heteroatoms. The third kappa shape index (κ3) is 6.03. The van der Waals surface area contributed by atoms with E-state index in [1.54, 1.807) is 81.5 Å². The van der Waals surface area contributed by atoms with E-state index in [-0.39, 0.29) is 24.2 Å². The summed E-state index contributed by atoms with van der Waals surface area (Å²) in [5.74, 6) is 0.999. The topological polar surface area (TPSA) is 99.6 Å². The summed E-state index contributed by atoms with van der Waals surface area (Å²) in [6.07, 6.45) is 6.56. The van der Waals surface area contributed by atoms with Crippen LogP contribution < -0.4 is 19.5 Å². The number of hydrogen-bond acceptors (Lipinski definition) is 7. The Morgan fingerprint density at radius 1 is 0.919 bits per heavy atom. The van der Waals surface area contributed by atoms with Crippen molar-refractivity contribution in [3.8, 4) is 17.2 Å². The molecule has 0 aliphatic heterocycles. The molecule has 0 radical (unpaired) electrons. The number of ether oxygens (including phenoxy) is 3. The summed E-state index contributed by atoms with van der Waals surface area (Å²) in [7, 11) is 3.10. The van der Waals surface area contributed by atoms with E-state index in [9.17, 15) is 9.59 Å². The predicted octanol–water partition coefficient (Wildman–Crippen LogP) is 4.72. The normalized spacial score (nSPS) is 11.7. The van der Waals surface area contributed by atoms with Crippen molar-refractivity contribution in [2.24, 2.45) is 0 Å². The number of pyridine rings is 2. The van der Waals surface area contributed by atoms with Gasteiger partial charge in [-0.1, -0.05) is 18.2 Å². The number of carbonyl (C=O) groups is 2. The third-order valence-electron chi connectivity index (χ3n) is 5.75. The van der Waals surface area contributed by atoms with Gasteiger partial charge >= 0.3 is 0 Å². The molecule has 1 atom stereocenters. The third-order valence-corrected chi connectivity index (χ3v) is 5.75. The number of nitrogens with zero attached hydrogens (tertiary/aromatic N) is 2. The first-order chi connectivity index (χ1) is 17.9. The average Bonchev–Trinajstić information content (AvgIpc) is 2.90. The molecular weight excluding hydrogens is 470 g/mol. The zero-order valence-corrected chi connectivity index (χ0v) is 21.2. The smallest absolute Gasteiger partial charge is 0.225 e. The number of methoxy groups -OCH3 is 2. The highest BCUT2D eigenvalue weighted by Crippen LogP contribution is 2.35. The monoisotopic (exact) mass is 499 g/mol. The highest BCUT2D eigenvalue weighted by atomic mass is 16.5. The lowest BCUT2D eigenvalue weighted by atomic mass is 9.94. The lowest BCUT2D eigenvalue weighted by molar-refractivity contribution is -0.120. The number of benzene rings is 2. The zero-order valence-electron chi connectivity index (χ0n) is 21.2. The van der Waals surface area contributed by atoms with Gasteiger partial charge in [0.25, 0.3) is 0 Å². The van der Waals surface area contributed by atoms with Gasteiger partial charge in [0.15, 0.2) is 17.3 Å². The van der Waals surface area contributed by atoms with Gasteiger partial charge in [-0.3, -0.25) is 19.6 Å². The molecule has 2 heterocycles. The number of Topliss-reactive ketones (excluding diaryl/α,β-unsaturated/α-hetero) is 1. The lowest BCUT2D eigenvalue weighted by Crippen LogP contribution is -2.35. The van der Waals surface area contributed by atoms with Crippen LogP contribution in [0.15, 0.2) is 73.3 Å². The summed E-state index contributed by atoms with van der Waals surface area (Å²) in [6.45, 7) is 3.83. The van der Waals surface area contributed by atoms with Gasteiger partial charge in [-0.2, -0.15) is 0 Å². The molecule has 37 heavy (non-hydrogen) atoms. The van der Waals surface area contributed by atoms with Gasteiger partial charge in [-0.05, 0) is 55.1 Å². The van der Waals surface area contributed by atoms with Gasteiger partial charge in [0.2, 0.25) is 5.91 Å². The van der Waals surface area contributed by atoms with Crippen molar-refractivity contribution in [1.82, 2.24) is 15.3 Å². The zero-order chi connectivity index (χ0) is 26.4. The summed E-state index contributed by atoms with van der Waals surface area (Å²) in [5, 5.41) is 4.38. The summed E-state index contributed by atoms with van der Waals surface area (Å²) in [5.41, 5.74) is 1.68. The average molecular weight is 500 g/mol. The quantitative estimate of drug-likeness (QED) is 0.315. The number of amides is 1. The van der Waals surface area contributed by atoms with Crippen LogP contribution in [-0.2, 0) is 11.2 Å². The van der Waals surface area contributed by atoms with Crippen LogP contribution in [0.4, 0.5) is 0 Å². The van der Waals surface area contributed by atoms with Crippen molar-refractivity contribution in [3.05, 3.63) is 90.0 Å². The standard InChI is InChI=1S/C29H29N3O5/c1-18(2)37-22-9-5-8-20(12-22)29(34)28(32-27(33)11-19-7-6-10-30-15-19)24-17-31-16-21-13-25(35-3)26(36-4)14-23(21)24/h5-10,12-18,28H,11H2,1-4H3,(H,32,33). The Morgan fingerprint density at radius 3 is 2.41 bits per heavy atom. The Bertz CT molecular complexity index is 1410. The Kier molecular flexibility index (Phi) is 7.98. The molecule has 0 aliphatic carbocycles. The second-order valence-corrected chi connectivity index (χ2v) is 8.75. The predicted molar refractivity (Wildman–Crippen MR) is 140 cm³/mol. The van der Waals surface area contributed by atoms with Crippen LogP contribution in [-0.4, -0.2) is 42.0 Å². The molecule has 190 valence electrons. The first-order valence-corrected chi connectivity index (χ1v) is 11.9. The van der Waals surface area contributed by atoms with E-state index in [0.717, 1.165) is 10.9 Å². The highest BCUT2D eigenvalue weighted by molar-refractivity contribution is 6.05. The van der Waals surface area contributed by atoms with Crippen molar-refractivity contribution in [2.45, 2.75) is 32.4 Å². The van der Waals surface area contributed by atoms with Gasteiger partial charge < -0.3 is 19.5 Å². The minimum absolute atomic E-state index is 0.0509. The van der Waals surface area contributed by atoms with Crippen molar-refractivity contribution in [1.29, 1.82) is 0 Å². The highest BCUT2D eigenvalue weighted by Gasteiger charge is 2.27. The molecule has 2 aromatic heterocycles. The number of fused-ring (bicyclic) bond motifs is 1. The molecular formula is C29H29N3O5. The molecule has 8 nitrogen and oxygen atoms in total. The van der Waals surface area contributed by atoms with Crippen molar-refractivity contribution >= 4 is 22.5 Å². The maximum absolute atomic E-state index is 13.9. The van der Waals surface area contributed by atoms with E-state index in [2.05, 4.69) is 15.3 Å². The van der Waals surface area contributed by atoms with E-state index in [4.69, 9.17) is 14.2 Å². The van der Waals surface area contributed by atoms with Crippen molar-refractivity contribution in [2.75, 3.05) is 14.2 Å². The van der Waals surface area contributed by atoms with Gasteiger partial charge in [0.05, 0.1) is 26.7 Å². The Labute approximate surface area is 215 Å². The van der Waals surface area contributed by atoms with E-state index in [1.165, 1.54) is 0 Å². The summed E-state index contributed by atoms with van der Waals surface area (Å²) in [6, 6.07) is 13.1. The molecule has 0 saturated carbocycles. The van der Waals surface area contributed by atoms with E-state index < -0.39 is 6.04 Å². The number of ketones is 1. The van der Waals surface area contributed by atoms with Gasteiger partial charge in [-0.25, -0.2) is 0 Å². The number of aromatic nitrogens is 2. The Balaban J connectivity index is 1.78. The first kappa shape index (κ1) is 25.6. The number of nitrogens with one attached hydrogen (secondary N) is 1. The van der Waals surface area contributed by atoms with Crippen LogP contribution in [0.5, 0.6) is 17.2 Å². The lowest BCUT2D eigenvalue weighted by Gasteiger charge is -2.21. The fraction of sp³-hybridized carbons (Fsp3) is 0.241. The molecule has 0 bridgehead atoms. The number of carbonyl (C=O) groups excluding carboxylic acids is 2. The molecule has 0 fully saturated rings. The van der Waals surface area contributed by atoms with Gasteiger partial charge in [-0.15, -0.1) is 0 Å².